The number of nitrogens with two attached hydrogens (primary N) is 1. The van der Waals surface area contributed by atoms with Crippen molar-refractivity contribution < 1.29 is 9.13 Å². The smallest absolute Gasteiger partial charge is 0.128 e. The van der Waals surface area contributed by atoms with E-state index < -0.39 is 0 Å². The fraction of sp³-hybridized carbons (Fsp3) is 0.571. The monoisotopic (exact) mass is 286 g/mol. The fourth-order valence-electron chi connectivity index (χ4n) is 2.67. The van der Waals surface area contributed by atoms with Crippen LogP contribution in [0.3, 0.4) is 0 Å². The molecule has 1 aliphatic heterocycles. The molecule has 2 rings (SSSR count). The molecular weight excluding hydrogens is 267 g/mol. The number of hydrogen-bond donors (Lipinski definition) is 1. The van der Waals surface area contributed by atoms with Gasteiger partial charge in [0.25, 0.3) is 0 Å². The molecule has 0 amide bonds. The van der Waals surface area contributed by atoms with Crippen LogP contribution in [-0.2, 0) is 4.74 Å². The molecule has 0 aromatic heterocycles. The van der Waals surface area contributed by atoms with Crippen molar-refractivity contribution in [3.8, 4) is 0 Å². The third-order valence-electron chi connectivity index (χ3n) is 3.79. The van der Waals surface area contributed by atoms with Crippen LogP contribution in [0.5, 0.6) is 0 Å². The van der Waals surface area contributed by atoms with Crippen molar-refractivity contribution in [3.63, 3.8) is 0 Å². The number of likely N-dealkylation sites (tertiary alicyclic amines) is 1. The molecular formula is C14H20ClFN2O. The van der Waals surface area contributed by atoms with Crippen molar-refractivity contribution in [2.24, 2.45) is 5.73 Å². The van der Waals surface area contributed by atoms with Gasteiger partial charge in [0.05, 0.1) is 6.10 Å². The standard InChI is InChI=1S/C14H20ClFN2O/c1-19-11-4-6-18(7-5-11)14(9-17)12-8-10(15)2-3-13(12)16/h2-3,8,11,14H,4-7,9,17H2,1H3. The van der Waals surface area contributed by atoms with Crippen molar-refractivity contribution in [2.75, 3.05) is 26.7 Å². The molecule has 1 atom stereocenters. The van der Waals surface area contributed by atoms with E-state index in [0.717, 1.165) is 25.9 Å². The lowest BCUT2D eigenvalue weighted by atomic mass is 10.00. The Morgan fingerprint density at radius 1 is 1.47 bits per heavy atom. The minimum Gasteiger partial charge on any atom is -0.381 e. The molecule has 1 aromatic carbocycles. The van der Waals surface area contributed by atoms with Gasteiger partial charge in [-0.15, -0.1) is 0 Å². The predicted molar refractivity (Wildman–Crippen MR) is 74.8 cm³/mol. The van der Waals surface area contributed by atoms with Gasteiger partial charge >= 0.3 is 0 Å². The second-order valence-electron chi connectivity index (χ2n) is 4.89. The van der Waals surface area contributed by atoms with E-state index in [1.54, 1.807) is 19.2 Å². The van der Waals surface area contributed by atoms with Crippen molar-refractivity contribution in [1.82, 2.24) is 4.90 Å². The van der Waals surface area contributed by atoms with Crippen molar-refractivity contribution >= 4 is 11.6 Å². The van der Waals surface area contributed by atoms with Gasteiger partial charge in [0.2, 0.25) is 0 Å². The Bertz CT molecular complexity index is 422. The van der Waals surface area contributed by atoms with Crippen molar-refractivity contribution in [3.05, 3.63) is 34.6 Å². The summed E-state index contributed by atoms with van der Waals surface area (Å²) in [6.45, 7) is 2.12. The topological polar surface area (TPSA) is 38.5 Å². The quantitative estimate of drug-likeness (QED) is 0.925. The fourth-order valence-corrected chi connectivity index (χ4v) is 2.85. The van der Waals surface area contributed by atoms with E-state index in [4.69, 9.17) is 22.1 Å². The highest BCUT2D eigenvalue weighted by molar-refractivity contribution is 6.30. The van der Waals surface area contributed by atoms with Crippen LogP contribution >= 0.6 is 11.6 Å². The highest BCUT2D eigenvalue weighted by Gasteiger charge is 2.27. The molecule has 19 heavy (non-hydrogen) atoms. The number of ether oxygens (including phenoxy) is 1. The average Bonchev–Trinajstić information content (AvgIpc) is 2.44. The Hall–Kier alpha value is -0.680. The lowest BCUT2D eigenvalue weighted by Crippen LogP contribution is -2.42. The number of halogens is 2. The van der Waals surface area contributed by atoms with Gasteiger partial charge in [-0.2, -0.15) is 0 Å². The number of benzene rings is 1. The largest absolute Gasteiger partial charge is 0.381 e. The van der Waals surface area contributed by atoms with Crippen LogP contribution < -0.4 is 5.73 Å². The van der Waals surface area contributed by atoms with Gasteiger partial charge in [-0.3, -0.25) is 4.90 Å². The van der Waals surface area contributed by atoms with Gasteiger partial charge in [-0.25, -0.2) is 4.39 Å². The summed E-state index contributed by atoms with van der Waals surface area (Å²) in [7, 11) is 1.73. The van der Waals surface area contributed by atoms with Gasteiger partial charge in [0, 0.05) is 43.4 Å². The Kier molecular flexibility index (Phi) is 5.16. The second kappa shape index (κ2) is 6.66. The SMILES string of the molecule is COC1CCN(C(CN)c2cc(Cl)ccc2F)CC1. The molecule has 0 spiro atoms. The molecule has 1 saturated heterocycles. The van der Waals surface area contributed by atoms with E-state index in [9.17, 15) is 4.39 Å². The van der Waals surface area contributed by atoms with Gasteiger partial charge in [-0.05, 0) is 31.0 Å². The molecule has 1 fully saturated rings. The van der Waals surface area contributed by atoms with Gasteiger partial charge < -0.3 is 10.5 Å². The Morgan fingerprint density at radius 3 is 2.74 bits per heavy atom. The first-order valence-corrected chi connectivity index (χ1v) is 6.95. The summed E-state index contributed by atoms with van der Waals surface area (Å²) in [6.07, 6.45) is 2.21. The molecule has 1 aromatic rings. The summed E-state index contributed by atoms with van der Waals surface area (Å²) in [5, 5.41) is 0.543. The molecule has 3 nitrogen and oxygen atoms in total. The second-order valence-corrected chi connectivity index (χ2v) is 5.32. The Labute approximate surface area is 118 Å². The van der Waals surface area contributed by atoms with Crippen LogP contribution in [0.4, 0.5) is 4.39 Å². The maximum atomic E-state index is 13.9. The van der Waals surface area contributed by atoms with Crippen molar-refractivity contribution in [2.45, 2.75) is 25.0 Å². The number of hydrogen-bond acceptors (Lipinski definition) is 3. The summed E-state index contributed by atoms with van der Waals surface area (Å²) in [5.41, 5.74) is 6.43. The zero-order valence-corrected chi connectivity index (χ0v) is 11.9. The molecule has 5 heteroatoms. The molecule has 2 N–H and O–H groups in total. The third-order valence-corrected chi connectivity index (χ3v) is 4.03. The zero-order chi connectivity index (χ0) is 13.8. The lowest BCUT2D eigenvalue weighted by Gasteiger charge is -2.37. The summed E-state index contributed by atoms with van der Waals surface area (Å²) >= 11 is 5.96. The summed E-state index contributed by atoms with van der Waals surface area (Å²) in [6, 6.07) is 4.53. The van der Waals surface area contributed by atoms with Crippen LogP contribution in [0.1, 0.15) is 24.4 Å². The summed E-state index contributed by atoms with van der Waals surface area (Å²) < 4.78 is 19.3. The van der Waals surface area contributed by atoms with E-state index in [2.05, 4.69) is 4.90 Å². The normalized spacial score (nSPS) is 19.6. The van der Waals surface area contributed by atoms with Crippen LogP contribution in [-0.4, -0.2) is 37.7 Å². The number of methoxy groups -OCH3 is 1. The first-order chi connectivity index (χ1) is 9.15. The van der Waals surface area contributed by atoms with E-state index in [-0.39, 0.29) is 11.9 Å². The molecule has 0 aliphatic carbocycles. The first kappa shape index (κ1) is 14.7. The molecule has 0 bridgehead atoms. The maximum absolute atomic E-state index is 13.9. The van der Waals surface area contributed by atoms with Crippen molar-refractivity contribution in [1.29, 1.82) is 0 Å². The highest BCUT2D eigenvalue weighted by Crippen LogP contribution is 2.28. The van der Waals surface area contributed by atoms with E-state index in [0.29, 0.717) is 23.2 Å². The van der Waals surface area contributed by atoms with Gasteiger partial charge in [0.1, 0.15) is 5.82 Å². The van der Waals surface area contributed by atoms with E-state index >= 15 is 0 Å². The molecule has 1 unspecified atom stereocenters. The highest BCUT2D eigenvalue weighted by atomic mass is 35.5. The molecule has 0 saturated carbocycles. The van der Waals surface area contributed by atoms with Gasteiger partial charge in [0.15, 0.2) is 0 Å². The van der Waals surface area contributed by atoms with Crippen LogP contribution in [0.2, 0.25) is 5.02 Å². The van der Waals surface area contributed by atoms with E-state index in [1.807, 2.05) is 0 Å². The Balaban J connectivity index is 2.14. The minimum absolute atomic E-state index is 0.114. The zero-order valence-electron chi connectivity index (χ0n) is 11.1. The summed E-state index contributed by atoms with van der Waals surface area (Å²) in [5.74, 6) is -0.242. The number of rotatable bonds is 4. The average molecular weight is 287 g/mol. The van der Waals surface area contributed by atoms with Crippen LogP contribution in [0.15, 0.2) is 18.2 Å². The number of piperidine rings is 1. The Morgan fingerprint density at radius 2 is 2.16 bits per heavy atom. The van der Waals surface area contributed by atoms with Gasteiger partial charge in [-0.1, -0.05) is 11.6 Å². The van der Waals surface area contributed by atoms with Crippen LogP contribution in [0, 0.1) is 5.82 Å². The summed E-state index contributed by atoms with van der Waals surface area (Å²) in [4.78, 5) is 2.21. The third kappa shape index (κ3) is 3.45. The molecule has 1 heterocycles. The first-order valence-electron chi connectivity index (χ1n) is 6.57. The lowest BCUT2D eigenvalue weighted by molar-refractivity contribution is 0.0275. The van der Waals surface area contributed by atoms with E-state index in [1.165, 1.54) is 6.07 Å². The maximum Gasteiger partial charge on any atom is 0.128 e. The molecule has 0 radical (unpaired) electrons. The molecule has 1 aliphatic rings. The molecule has 106 valence electrons. The number of nitrogens with zero attached hydrogens (tertiary/aromatic N) is 1. The van der Waals surface area contributed by atoms with Crippen LogP contribution in [0.25, 0.3) is 0 Å². The minimum atomic E-state index is -0.242. The predicted octanol–water partition coefficient (Wildman–Crippen LogP) is 2.59.